The molecular weight excluding hydrogens is 345 g/mol. The van der Waals surface area contributed by atoms with Gasteiger partial charge in [0, 0.05) is 11.8 Å². The Morgan fingerprint density at radius 3 is 2.30 bits per heavy atom. The van der Waals surface area contributed by atoms with Gasteiger partial charge >= 0.3 is 5.97 Å². The largest absolute Gasteiger partial charge is 0.459 e. The van der Waals surface area contributed by atoms with Crippen LogP contribution in [0.15, 0.2) is 54.6 Å². The van der Waals surface area contributed by atoms with E-state index >= 15 is 0 Å². The first-order valence-corrected chi connectivity index (χ1v) is 9.16. The molecule has 2 aromatic carbocycles. The van der Waals surface area contributed by atoms with Gasteiger partial charge in [-0.05, 0) is 73.7 Å². The number of amides is 1. The average Bonchev–Trinajstić information content (AvgIpc) is 2.69. The van der Waals surface area contributed by atoms with Gasteiger partial charge in [-0.15, -0.1) is 0 Å². The van der Waals surface area contributed by atoms with Crippen LogP contribution in [0.5, 0.6) is 0 Å². The molecule has 0 aliphatic heterocycles. The number of ether oxygens (including phenoxy) is 1. The molecule has 2 aromatic rings. The highest BCUT2D eigenvalue weighted by atomic mass is 19.1. The molecule has 0 atom stereocenters. The Morgan fingerprint density at radius 1 is 0.963 bits per heavy atom. The minimum Gasteiger partial charge on any atom is -0.459 e. The summed E-state index contributed by atoms with van der Waals surface area (Å²) < 4.78 is 18.4. The number of anilines is 1. The van der Waals surface area contributed by atoms with Crippen LogP contribution in [0, 0.1) is 5.82 Å². The summed E-state index contributed by atoms with van der Waals surface area (Å²) in [6.07, 6.45) is 8.27. The van der Waals surface area contributed by atoms with E-state index in [0.717, 1.165) is 31.2 Å². The van der Waals surface area contributed by atoms with Crippen molar-refractivity contribution in [3.63, 3.8) is 0 Å². The van der Waals surface area contributed by atoms with Crippen LogP contribution in [0.25, 0.3) is 6.08 Å². The Balaban J connectivity index is 1.52. The first kappa shape index (κ1) is 18.8. The van der Waals surface area contributed by atoms with E-state index in [4.69, 9.17) is 4.74 Å². The lowest BCUT2D eigenvalue weighted by atomic mass is 9.98. The third-order valence-electron chi connectivity index (χ3n) is 4.51. The number of carbonyl (C=O) groups is 2. The minimum absolute atomic E-state index is 0.0160. The maximum atomic E-state index is 12.9. The topological polar surface area (TPSA) is 55.4 Å². The zero-order valence-corrected chi connectivity index (χ0v) is 15.0. The number of hydrogen-bond donors (Lipinski definition) is 1. The Bertz CT molecular complexity index is 806. The fraction of sp³-hybridized carbons (Fsp3) is 0.273. The van der Waals surface area contributed by atoms with Crippen LogP contribution in [-0.2, 0) is 9.53 Å². The molecule has 4 nitrogen and oxygen atoms in total. The fourth-order valence-electron chi connectivity index (χ4n) is 3.02. The number of carbonyl (C=O) groups excluding carboxylic acids is 2. The van der Waals surface area contributed by atoms with Crippen molar-refractivity contribution in [3.8, 4) is 0 Å². The van der Waals surface area contributed by atoms with Crippen LogP contribution < -0.4 is 5.32 Å². The highest BCUT2D eigenvalue weighted by Gasteiger charge is 2.18. The summed E-state index contributed by atoms with van der Waals surface area (Å²) in [4.78, 5) is 24.2. The molecule has 0 unspecified atom stereocenters. The van der Waals surface area contributed by atoms with Crippen LogP contribution in [0.1, 0.15) is 48.0 Å². The van der Waals surface area contributed by atoms with Gasteiger partial charge < -0.3 is 10.1 Å². The average molecular weight is 367 g/mol. The molecule has 1 N–H and O–H groups in total. The molecule has 1 amide bonds. The van der Waals surface area contributed by atoms with Crippen LogP contribution >= 0.6 is 0 Å². The summed E-state index contributed by atoms with van der Waals surface area (Å²) in [5, 5.41) is 2.72. The van der Waals surface area contributed by atoms with Gasteiger partial charge in [0.15, 0.2) is 0 Å². The molecule has 3 rings (SSSR count). The molecule has 0 heterocycles. The summed E-state index contributed by atoms with van der Waals surface area (Å²) in [6, 6.07) is 12.5. The standard InChI is InChI=1S/C22H22FNO3/c23-18-11-6-16(7-12-18)8-15-21(25)24-19-13-9-17(10-14-19)22(26)27-20-4-2-1-3-5-20/h6-15,20H,1-5H2,(H,24,25)/b15-8+. The second kappa shape index (κ2) is 9.12. The quantitative estimate of drug-likeness (QED) is 0.600. The van der Waals surface area contributed by atoms with Gasteiger partial charge in [0.05, 0.1) is 5.56 Å². The molecule has 5 heteroatoms. The van der Waals surface area contributed by atoms with Gasteiger partial charge in [-0.3, -0.25) is 4.79 Å². The van der Waals surface area contributed by atoms with Gasteiger partial charge in [-0.1, -0.05) is 18.6 Å². The van der Waals surface area contributed by atoms with E-state index in [1.165, 1.54) is 24.6 Å². The molecule has 0 spiro atoms. The van der Waals surface area contributed by atoms with Gasteiger partial charge in [0.25, 0.3) is 0 Å². The molecule has 1 saturated carbocycles. The number of nitrogens with one attached hydrogen (secondary N) is 1. The number of hydrogen-bond acceptors (Lipinski definition) is 3. The molecule has 0 radical (unpaired) electrons. The predicted octanol–water partition coefficient (Wildman–Crippen LogP) is 4.97. The number of rotatable bonds is 5. The lowest BCUT2D eigenvalue weighted by Gasteiger charge is -2.21. The number of benzene rings is 2. The van der Waals surface area contributed by atoms with Crippen molar-refractivity contribution in [3.05, 3.63) is 71.6 Å². The minimum atomic E-state index is -0.323. The maximum Gasteiger partial charge on any atom is 0.338 e. The third kappa shape index (κ3) is 5.78. The Morgan fingerprint density at radius 2 is 1.63 bits per heavy atom. The Hall–Kier alpha value is -2.95. The fourth-order valence-corrected chi connectivity index (χ4v) is 3.02. The normalized spacial score (nSPS) is 14.9. The van der Waals surface area contributed by atoms with Crippen molar-refractivity contribution in [1.82, 2.24) is 0 Å². The van der Waals surface area contributed by atoms with Crippen molar-refractivity contribution in [2.45, 2.75) is 38.2 Å². The van der Waals surface area contributed by atoms with E-state index < -0.39 is 0 Å². The van der Waals surface area contributed by atoms with E-state index in [0.29, 0.717) is 11.3 Å². The van der Waals surface area contributed by atoms with Crippen molar-refractivity contribution in [2.75, 3.05) is 5.32 Å². The summed E-state index contributed by atoms with van der Waals surface area (Å²) >= 11 is 0. The van der Waals surface area contributed by atoms with Gasteiger partial charge in [0.2, 0.25) is 5.91 Å². The van der Waals surface area contributed by atoms with Crippen LogP contribution in [0.3, 0.4) is 0 Å². The third-order valence-corrected chi connectivity index (χ3v) is 4.51. The molecule has 140 valence electrons. The maximum absolute atomic E-state index is 12.9. The lowest BCUT2D eigenvalue weighted by Crippen LogP contribution is -2.20. The van der Waals surface area contributed by atoms with Crippen molar-refractivity contribution < 1.29 is 18.7 Å². The molecule has 0 aromatic heterocycles. The monoisotopic (exact) mass is 367 g/mol. The van der Waals surface area contributed by atoms with Crippen LogP contribution in [0.2, 0.25) is 0 Å². The molecule has 0 saturated heterocycles. The molecule has 1 aliphatic carbocycles. The first-order valence-electron chi connectivity index (χ1n) is 9.16. The van der Waals surface area contributed by atoms with Crippen LogP contribution in [0.4, 0.5) is 10.1 Å². The smallest absolute Gasteiger partial charge is 0.338 e. The number of halogens is 1. The molecular formula is C22H22FNO3. The summed E-state index contributed by atoms with van der Waals surface area (Å²) in [7, 11) is 0. The Kier molecular flexibility index (Phi) is 6.36. The van der Waals surface area contributed by atoms with E-state index in [9.17, 15) is 14.0 Å². The highest BCUT2D eigenvalue weighted by Crippen LogP contribution is 2.21. The molecule has 1 aliphatic rings. The van der Waals surface area contributed by atoms with Crippen molar-refractivity contribution in [2.24, 2.45) is 0 Å². The number of esters is 1. The van der Waals surface area contributed by atoms with Crippen molar-refractivity contribution in [1.29, 1.82) is 0 Å². The SMILES string of the molecule is O=C(/C=C/c1ccc(F)cc1)Nc1ccc(C(=O)OC2CCCCC2)cc1. The van der Waals surface area contributed by atoms with Crippen LogP contribution in [-0.4, -0.2) is 18.0 Å². The summed E-state index contributed by atoms with van der Waals surface area (Å²) in [5.74, 6) is -0.952. The molecule has 27 heavy (non-hydrogen) atoms. The molecule has 1 fully saturated rings. The first-order chi connectivity index (χ1) is 13.1. The molecule has 0 bridgehead atoms. The lowest BCUT2D eigenvalue weighted by molar-refractivity contribution is -0.111. The predicted molar refractivity (Wildman–Crippen MR) is 103 cm³/mol. The van der Waals surface area contributed by atoms with E-state index in [-0.39, 0.29) is 23.8 Å². The second-order valence-corrected chi connectivity index (χ2v) is 6.62. The zero-order chi connectivity index (χ0) is 19.1. The Labute approximate surface area is 158 Å². The van der Waals surface area contributed by atoms with Gasteiger partial charge in [-0.2, -0.15) is 0 Å². The zero-order valence-electron chi connectivity index (χ0n) is 15.0. The van der Waals surface area contributed by atoms with Crippen molar-refractivity contribution >= 4 is 23.6 Å². The highest BCUT2D eigenvalue weighted by molar-refractivity contribution is 6.02. The van der Waals surface area contributed by atoms with E-state index in [2.05, 4.69) is 5.32 Å². The summed E-state index contributed by atoms with van der Waals surface area (Å²) in [6.45, 7) is 0. The van der Waals surface area contributed by atoms with Gasteiger partial charge in [0.1, 0.15) is 11.9 Å². The summed E-state index contributed by atoms with van der Waals surface area (Å²) in [5.41, 5.74) is 1.78. The van der Waals surface area contributed by atoms with E-state index in [1.54, 1.807) is 42.5 Å². The van der Waals surface area contributed by atoms with E-state index in [1.807, 2.05) is 0 Å². The second-order valence-electron chi connectivity index (χ2n) is 6.62. The van der Waals surface area contributed by atoms with Gasteiger partial charge in [-0.25, -0.2) is 9.18 Å².